The number of hydrogen-bond donors (Lipinski definition) is 0. The highest BCUT2D eigenvalue weighted by atomic mass is 28.4. The van der Waals surface area contributed by atoms with Gasteiger partial charge in [0.1, 0.15) is 0 Å². The molecule has 0 atom stereocenters. The van der Waals surface area contributed by atoms with E-state index >= 15 is 0 Å². The van der Waals surface area contributed by atoms with Gasteiger partial charge in [-0.3, -0.25) is 0 Å². The lowest BCUT2D eigenvalue weighted by molar-refractivity contribution is 0.239. The molecule has 0 unspecified atom stereocenters. The van der Waals surface area contributed by atoms with Crippen LogP contribution >= 0.6 is 0 Å². The molecule has 0 spiro atoms. The second-order valence-electron chi connectivity index (χ2n) is 6.34. The van der Waals surface area contributed by atoms with Crippen LogP contribution in [0.15, 0.2) is 0 Å². The van der Waals surface area contributed by atoms with Crippen LogP contribution in [0.1, 0.15) is 66.2 Å². The summed E-state index contributed by atoms with van der Waals surface area (Å²) in [5, 5.41) is 0. The van der Waals surface area contributed by atoms with Gasteiger partial charge in [-0.15, -0.1) is 0 Å². The molecule has 0 saturated heterocycles. The maximum Gasteiger partial charge on any atom is 0.337 e. The number of unbranched alkanes of at least 4 members (excludes halogenated alkanes) is 2. The van der Waals surface area contributed by atoms with Crippen molar-refractivity contribution in [3.63, 3.8) is 0 Å². The summed E-state index contributed by atoms with van der Waals surface area (Å²) in [6, 6.07) is 4.54. The lowest BCUT2D eigenvalue weighted by Crippen LogP contribution is -2.39. The Morgan fingerprint density at radius 2 is 0.750 bits per heavy atom. The van der Waals surface area contributed by atoms with E-state index in [0.717, 1.165) is 37.0 Å². The van der Waals surface area contributed by atoms with Gasteiger partial charge in [-0.2, -0.15) is 0 Å². The molecule has 0 aliphatic carbocycles. The Bertz CT molecular complexity index is 239. The molecule has 0 saturated carbocycles. The van der Waals surface area contributed by atoms with E-state index in [1.807, 2.05) is 0 Å². The molecule has 0 radical (unpaired) electrons. The van der Waals surface area contributed by atoms with E-state index in [0.29, 0.717) is 0 Å². The molecule has 148 valence electrons. The normalized spacial score (nSPS) is 12.0. The number of hydrogen-bond acceptors (Lipinski definition) is 4. The summed E-state index contributed by atoms with van der Waals surface area (Å²) in [5.41, 5.74) is 0. The highest BCUT2D eigenvalue weighted by Gasteiger charge is 2.33. The van der Waals surface area contributed by atoms with Crippen molar-refractivity contribution in [1.82, 2.24) is 0 Å². The SMILES string of the molecule is CCCC[Si](CCCC)(OC)OC.CCC[Si](CCC)(OC)OC. The minimum Gasteiger partial charge on any atom is -0.398 e. The zero-order valence-electron chi connectivity index (χ0n) is 17.7. The van der Waals surface area contributed by atoms with Crippen molar-refractivity contribution < 1.29 is 17.7 Å². The van der Waals surface area contributed by atoms with Crippen molar-refractivity contribution in [3.8, 4) is 0 Å². The van der Waals surface area contributed by atoms with E-state index < -0.39 is 17.1 Å². The Morgan fingerprint density at radius 1 is 0.458 bits per heavy atom. The van der Waals surface area contributed by atoms with E-state index in [9.17, 15) is 0 Å². The first-order valence-electron chi connectivity index (χ1n) is 9.69. The Balaban J connectivity index is 0. The van der Waals surface area contributed by atoms with Crippen molar-refractivity contribution in [2.75, 3.05) is 28.4 Å². The third-order valence-electron chi connectivity index (χ3n) is 4.57. The molecule has 0 aliphatic rings. The van der Waals surface area contributed by atoms with Crippen LogP contribution in [0.4, 0.5) is 0 Å². The van der Waals surface area contributed by atoms with Gasteiger partial charge in [-0.25, -0.2) is 0 Å². The van der Waals surface area contributed by atoms with Gasteiger partial charge >= 0.3 is 17.1 Å². The molecule has 0 bridgehead atoms. The molecule has 0 heterocycles. The second kappa shape index (κ2) is 16.7. The molecule has 0 aromatic rings. The van der Waals surface area contributed by atoms with Crippen molar-refractivity contribution in [3.05, 3.63) is 0 Å². The average molecular weight is 381 g/mol. The summed E-state index contributed by atoms with van der Waals surface area (Å²) < 4.78 is 22.2. The summed E-state index contributed by atoms with van der Waals surface area (Å²) in [6.07, 6.45) is 7.25. The van der Waals surface area contributed by atoms with Gasteiger partial charge < -0.3 is 17.7 Å². The van der Waals surface area contributed by atoms with Crippen molar-refractivity contribution in [2.45, 2.75) is 90.4 Å². The summed E-state index contributed by atoms with van der Waals surface area (Å²) in [5.74, 6) is 0. The van der Waals surface area contributed by atoms with Gasteiger partial charge in [0.2, 0.25) is 0 Å². The molecule has 24 heavy (non-hydrogen) atoms. The maximum absolute atomic E-state index is 5.61. The number of rotatable bonds is 14. The van der Waals surface area contributed by atoms with Crippen molar-refractivity contribution in [1.29, 1.82) is 0 Å². The predicted octanol–water partition coefficient (Wildman–Crippen LogP) is 5.86. The van der Waals surface area contributed by atoms with Gasteiger partial charge in [0.05, 0.1) is 0 Å². The summed E-state index contributed by atoms with van der Waals surface area (Å²) >= 11 is 0. The third-order valence-corrected chi connectivity index (χ3v) is 12.3. The molecule has 0 aromatic heterocycles. The largest absolute Gasteiger partial charge is 0.398 e. The highest BCUT2D eigenvalue weighted by Crippen LogP contribution is 2.23. The zero-order valence-corrected chi connectivity index (χ0v) is 19.7. The van der Waals surface area contributed by atoms with Crippen LogP contribution in [-0.4, -0.2) is 45.6 Å². The molecular weight excluding hydrogens is 336 g/mol. The van der Waals surface area contributed by atoms with E-state index in [4.69, 9.17) is 17.7 Å². The van der Waals surface area contributed by atoms with Crippen LogP contribution in [-0.2, 0) is 17.7 Å². The lowest BCUT2D eigenvalue weighted by Gasteiger charge is -2.27. The highest BCUT2D eigenvalue weighted by molar-refractivity contribution is 6.67. The lowest BCUT2D eigenvalue weighted by atomic mass is 10.4. The molecule has 0 amide bonds. The monoisotopic (exact) mass is 380 g/mol. The molecular formula is C18H44O4Si2. The summed E-state index contributed by atoms with van der Waals surface area (Å²) in [4.78, 5) is 0. The van der Waals surface area contributed by atoms with Gasteiger partial charge in [0.15, 0.2) is 0 Å². The Kier molecular flexibility index (Phi) is 18.5. The maximum atomic E-state index is 5.61. The van der Waals surface area contributed by atoms with Crippen LogP contribution in [0.25, 0.3) is 0 Å². The molecule has 0 N–H and O–H groups in total. The van der Waals surface area contributed by atoms with Crippen molar-refractivity contribution >= 4 is 17.1 Å². The van der Waals surface area contributed by atoms with Crippen LogP contribution in [0.5, 0.6) is 0 Å². The van der Waals surface area contributed by atoms with Gasteiger partial charge in [-0.05, 0) is 24.2 Å². The van der Waals surface area contributed by atoms with Gasteiger partial charge in [0, 0.05) is 28.4 Å². The predicted molar refractivity (Wildman–Crippen MR) is 109 cm³/mol. The average Bonchev–Trinajstić information content (AvgIpc) is 2.63. The first kappa shape index (κ1) is 26.5. The van der Waals surface area contributed by atoms with Crippen LogP contribution < -0.4 is 0 Å². The standard InChI is InChI=1S/C10H24O2Si.C8H20O2Si/c1-5-7-9-13(11-3,12-4)10-8-6-2;1-5-7-11(9-3,10-4)8-6-2/h5-10H2,1-4H3;5-8H2,1-4H3. The van der Waals surface area contributed by atoms with E-state index in [2.05, 4.69) is 27.7 Å². The summed E-state index contributed by atoms with van der Waals surface area (Å²) in [6.45, 7) is 8.78. The Morgan fingerprint density at radius 3 is 0.958 bits per heavy atom. The Hall–Kier alpha value is 0.274. The first-order valence-corrected chi connectivity index (χ1v) is 14.2. The molecule has 0 rings (SSSR count). The second-order valence-corrected chi connectivity index (χ2v) is 13.6. The van der Waals surface area contributed by atoms with Crippen LogP contribution in [0.2, 0.25) is 24.2 Å². The fourth-order valence-corrected chi connectivity index (χ4v) is 8.66. The van der Waals surface area contributed by atoms with Crippen LogP contribution in [0, 0.1) is 0 Å². The molecule has 0 aromatic carbocycles. The van der Waals surface area contributed by atoms with Crippen LogP contribution in [0.3, 0.4) is 0 Å². The van der Waals surface area contributed by atoms with Gasteiger partial charge in [0.25, 0.3) is 0 Å². The van der Waals surface area contributed by atoms with Gasteiger partial charge in [-0.1, -0.05) is 66.2 Å². The third kappa shape index (κ3) is 11.0. The van der Waals surface area contributed by atoms with E-state index in [1.165, 1.54) is 25.7 Å². The molecule has 4 nitrogen and oxygen atoms in total. The zero-order chi connectivity index (χ0) is 18.9. The fourth-order valence-electron chi connectivity index (χ4n) is 2.89. The topological polar surface area (TPSA) is 36.9 Å². The fraction of sp³-hybridized carbons (Fsp3) is 1.00. The minimum atomic E-state index is -1.79. The van der Waals surface area contributed by atoms with E-state index in [1.54, 1.807) is 28.4 Å². The minimum absolute atomic E-state index is 1.12. The van der Waals surface area contributed by atoms with E-state index in [-0.39, 0.29) is 0 Å². The van der Waals surface area contributed by atoms with Crippen molar-refractivity contribution in [2.24, 2.45) is 0 Å². The molecule has 6 heteroatoms. The quantitative estimate of drug-likeness (QED) is 0.353. The molecule has 0 aliphatic heterocycles. The smallest absolute Gasteiger partial charge is 0.337 e. The molecule has 0 fully saturated rings. The first-order chi connectivity index (χ1) is 11.5. The Labute approximate surface area is 154 Å². The summed E-state index contributed by atoms with van der Waals surface area (Å²) in [7, 11) is 3.64.